The van der Waals surface area contributed by atoms with Crippen LogP contribution in [0.2, 0.25) is 10.0 Å². The predicted molar refractivity (Wildman–Crippen MR) is 91.9 cm³/mol. The van der Waals surface area contributed by atoms with Crippen LogP contribution in [0.15, 0.2) is 28.6 Å². The second-order valence-electron chi connectivity index (χ2n) is 5.31. The van der Waals surface area contributed by atoms with Crippen molar-refractivity contribution in [3.63, 3.8) is 0 Å². The number of nitrogens with zero attached hydrogens (tertiary/aromatic N) is 3. The maximum atomic E-state index is 12.0. The Morgan fingerprint density at radius 3 is 2.62 bits per heavy atom. The molecule has 24 heavy (non-hydrogen) atoms. The van der Waals surface area contributed by atoms with Crippen molar-refractivity contribution in [2.24, 2.45) is 10.4 Å². The molecule has 3 N–H and O–H groups in total. The minimum absolute atomic E-state index is 0.0426. The van der Waals surface area contributed by atoms with Crippen LogP contribution in [0.1, 0.15) is 19.8 Å². The van der Waals surface area contributed by atoms with Gasteiger partial charge in [-0.05, 0) is 30.2 Å². The van der Waals surface area contributed by atoms with Gasteiger partial charge in [0.15, 0.2) is 0 Å². The molecule has 1 saturated heterocycles. The lowest BCUT2D eigenvalue weighted by atomic mass is 10.1. The number of carbonyl (C=O) groups excluding carboxylic acids is 2. The zero-order valence-electron chi connectivity index (χ0n) is 13.1. The molecule has 1 atom stereocenters. The summed E-state index contributed by atoms with van der Waals surface area (Å²) in [6.45, 7) is 2.49. The number of nitrogens with one attached hydrogen (secondary N) is 3. The van der Waals surface area contributed by atoms with Gasteiger partial charge in [0.2, 0.25) is 5.91 Å². The van der Waals surface area contributed by atoms with E-state index < -0.39 is 0 Å². The molecule has 1 fully saturated rings. The van der Waals surface area contributed by atoms with E-state index in [4.69, 9.17) is 23.2 Å². The number of piperidine rings is 1. The molecule has 1 unspecified atom stereocenters. The Labute approximate surface area is 149 Å². The van der Waals surface area contributed by atoms with Crippen LogP contribution in [0.5, 0.6) is 0 Å². The third-order valence-electron chi connectivity index (χ3n) is 3.44. The molecule has 2 rings (SSSR count). The second-order valence-corrected chi connectivity index (χ2v) is 6.13. The standard InChI is InChI=1S/C14H18Cl2N6O2/c1-9(23)17-10-4-3-7-22(8-10)14(24)19-21-20-18-13-11(15)5-2-6-12(13)16/h2,5-6,10H,3-4,7-8H2,1H3,(H,17,23)(H,18,21)(H,19,20,24). The number of rotatable bonds is 4. The number of urea groups is 1. The first-order valence-electron chi connectivity index (χ1n) is 7.39. The Balaban J connectivity index is 1.83. The van der Waals surface area contributed by atoms with Gasteiger partial charge in [-0.3, -0.25) is 10.2 Å². The van der Waals surface area contributed by atoms with Gasteiger partial charge in [0.05, 0.1) is 15.7 Å². The van der Waals surface area contributed by atoms with E-state index in [0.717, 1.165) is 12.8 Å². The van der Waals surface area contributed by atoms with Crippen LogP contribution in [0.4, 0.5) is 10.5 Å². The Kier molecular flexibility index (Phi) is 6.62. The third kappa shape index (κ3) is 5.24. The van der Waals surface area contributed by atoms with Crippen LogP contribution >= 0.6 is 23.2 Å². The quantitative estimate of drug-likeness (QED) is 0.559. The lowest BCUT2D eigenvalue weighted by molar-refractivity contribution is -0.119. The van der Waals surface area contributed by atoms with Crippen molar-refractivity contribution in [2.75, 3.05) is 18.5 Å². The molecule has 1 aromatic rings. The van der Waals surface area contributed by atoms with Gasteiger partial charge in [-0.15, -0.1) is 0 Å². The number of hydrogen-bond acceptors (Lipinski definition) is 4. The highest BCUT2D eigenvalue weighted by Gasteiger charge is 2.23. The fourth-order valence-corrected chi connectivity index (χ4v) is 2.87. The molecule has 1 aromatic carbocycles. The highest BCUT2D eigenvalue weighted by atomic mass is 35.5. The molecule has 1 heterocycles. The fraction of sp³-hybridized carbons (Fsp3) is 0.429. The molecule has 0 saturated carbocycles. The number of hydrogen-bond donors (Lipinski definition) is 3. The number of anilines is 1. The van der Waals surface area contributed by atoms with Crippen molar-refractivity contribution in [1.29, 1.82) is 0 Å². The zero-order valence-corrected chi connectivity index (χ0v) is 14.6. The fourth-order valence-electron chi connectivity index (χ4n) is 2.38. The van der Waals surface area contributed by atoms with E-state index in [2.05, 4.69) is 26.6 Å². The molecule has 0 bridgehead atoms. The molecular weight excluding hydrogens is 355 g/mol. The number of likely N-dealkylation sites (tertiary alicyclic amines) is 1. The van der Waals surface area contributed by atoms with Crippen LogP contribution in [-0.2, 0) is 4.79 Å². The van der Waals surface area contributed by atoms with Crippen molar-refractivity contribution in [3.8, 4) is 0 Å². The van der Waals surface area contributed by atoms with Gasteiger partial charge >= 0.3 is 6.03 Å². The maximum Gasteiger partial charge on any atom is 0.339 e. The molecule has 130 valence electrons. The Morgan fingerprint density at radius 2 is 1.96 bits per heavy atom. The van der Waals surface area contributed by atoms with E-state index in [9.17, 15) is 9.59 Å². The van der Waals surface area contributed by atoms with Gasteiger partial charge in [0.25, 0.3) is 0 Å². The molecular formula is C14H18Cl2N6O2. The van der Waals surface area contributed by atoms with Crippen LogP contribution in [-0.4, -0.2) is 36.0 Å². The first kappa shape index (κ1) is 18.3. The van der Waals surface area contributed by atoms with Gasteiger partial charge in [-0.25, -0.2) is 10.2 Å². The number of amides is 3. The summed E-state index contributed by atoms with van der Waals surface area (Å²) in [4.78, 5) is 24.7. The van der Waals surface area contributed by atoms with Crippen LogP contribution in [0, 0.1) is 0 Å². The van der Waals surface area contributed by atoms with Crippen molar-refractivity contribution < 1.29 is 9.59 Å². The zero-order chi connectivity index (χ0) is 17.5. The van der Waals surface area contributed by atoms with E-state index in [1.807, 2.05) is 0 Å². The number of para-hydroxylation sites is 1. The lowest BCUT2D eigenvalue weighted by Gasteiger charge is -2.32. The molecule has 1 aliphatic rings. The van der Waals surface area contributed by atoms with Crippen LogP contribution < -0.4 is 16.2 Å². The maximum absolute atomic E-state index is 12.0. The molecule has 0 spiro atoms. The molecule has 1 aliphatic heterocycles. The van der Waals surface area contributed by atoms with Crippen molar-refractivity contribution >= 4 is 40.8 Å². The second kappa shape index (κ2) is 8.70. The van der Waals surface area contributed by atoms with Gasteiger partial charge in [0, 0.05) is 26.1 Å². The number of benzene rings is 1. The summed E-state index contributed by atoms with van der Waals surface area (Å²) in [6.07, 6.45) is 1.65. The van der Waals surface area contributed by atoms with Crippen LogP contribution in [0.25, 0.3) is 0 Å². The minimum Gasteiger partial charge on any atom is -0.352 e. The Hall–Kier alpha value is -2.06. The Morgan fingerprint density at radius 1 is 1.25 bits per heavy atom. The monoisotopic (exact) mass is 372 g/mol. The SMILES string of the molecule is CC(=O)NC1CCCN(C(=O)N/N=N\Nc2c(Cl)cccc2Cl)C1. The summed E-state index contributed by atoms with van der Waals surface area (Å²) in [5, 5.41) is 10.8. The van der Waals surface area contributed by atoms with Gasteiger partial charge in [-0.1, -0.05) is 34.5 Å². The first-order chi connectivity index (χ1) is 11.5. The average molecular weight is 373 g/mol. The van der Waals surface area contributed by atoms with Gasteiger partial charge < -0.3 is 10.2 Å². The summed E-state index contributed by atoms with van der Waals surface area (Å²) in [7, 11) is 0. The summed E-state index contributed by atoms with van der Waals surface area (Å²) in [6, 6.07) is 4.58. The molecule has 10 heteroatoms. The summed E-state index contributed by atoms with van der Waals surface area (Å²) in [5.74, 6) is -0.109. The van der Waals surface area contributed by atoms with E-state index >= 15 is 0 Å². The topological polar surface area (TPSA) is 98.2 Å². The molecule has 0 aromatic heterocycles. The lowest BCUT2D eigenvalue weighted by Crippen LogP contribution is -2.51. The third-order valence-corrected chi connectivity index (χ3v) is 4.07. The number of halogens is 2. The predicted octanol–water partition coefficient (Wildman–Crippen LogP) is 3.00. The summed E-state index contributed by atoms with van der Waals surface area (Å²) in [5.41, 5.74) is 5.30. The van der Waals surface area contributed by atoms with E-state index in [0.29, 0.717) is 28.8 Å². The Bertz CT molecular complexity index is 619. The van der Waals surface area contributed by atoms with Gasteiger partial charge in [0.1, 0.15) is 0 Å². The molecule has 0 aliphatic carbocycles. The molecule has 3 amide bonds. The highest BCUT2D eigenvalue weighted by Crippen LogP contribution is 2.29. The molecule has 0 radical (unpaired) electrons. The largest absolute Gasteiger partial charge is 0.352 e. The summed E-state index contributed by atoms with van der Waals surface area (Å²) < 4.78 is 0. The normalized spacial score (nSPS) is 17.6. The smallest absolute Gasteiger partial charge is 0.339 e. The highest BCUT2D eigenvalue weighted by molar-refractivity contribution is 6.39. The van der Waals surface area contributed by atoms with Crippen molar-refractivity contribution in [3.05, 3.63) is 28.2 Å². The van der Waals surface area contributed by atoms with Crippen molar-refractivity contribution in [1.82, 2.24) is 15.6 Å². The van der Waals surface area contributed by atoms with Gasteiger partial charge in [-0.2, -0.15) is 0 Å². The van der Waals surface area contributed by atoms with Crippen LogP contribution in [0.3, 0.4) is 0 Å². The summed E-state index contributed by atoms with van der Waals surface area (Å²) >= 11 is 11.9. The van der Waals surface area contributed by atoms with Crippen molar-refractivity contribution in [2.45, 2.75) is 25.8 Å². The van der Waals surface area contributed by atoms with E-state index in [-0.39, 0.29) is 18.0 Å². The first-order valence-corrected chi connectivity index (χ1v) is 8.14. The molecule has 8 nitrogen and oxygen atoms in total. The van der Waals surface area contributed by atoms with E-state index in [1.165, 1.54) is 6.92 Å². The van der Waals surface area contributed by atoms with E-state index in [1.54, 1.807) is 23.1 Å². The number of carbonyl (C=O) groups is 2. The average Bonchev–Trinajstić information content (AvgIpc) is 2.53. The minimum atomic E-state index is -0.388.